The van der Waals surface area contributed by atoms with Crippen molar-refractivity contribution in [3.8, 4) is 34.4 Å². The first-order valence-electron chi connectivity index (χ1n) is 17.3. The largest absolute Gasteiger partial charge is 0.493 e. The quantitative estimate of drug-likeness (QED) is 0.0451. The normalized spacial score (nSPS) is 11.2. The predicted molar refractivity (Wildman–Crippen MR) is 213 cm³/mol. The number of carbonyl (C=O) groups is 2. The van der Waals surface area contributed by atoms with Crippen molar-refractivity contribution >= 4 is 47.5 Å². The number of nitrogens with two attached hydrogens (primary N) is 1. The van der Waals surface area contributed by atoms with E-state index in [-0.39, 0.29) is 43.3 Å². The molecule has 0 spiro atoms. The molecule has 0 aromatic heterocycles. The van der Waals surface area contributed by atoms with Crippen LogP contribution in [0.1, 0.15) is 69.4 Å². The van der Waals surface area contributed by atoms with Crippen LogP contribution in [0.2, 0.25) is 5.02 Å². The van der Waals surface area contributed by atoms with Crippen molar-refractivity contribution in [1.29, 1.82) is 5.26 Å². The van der Waals surface area contributed by atoms with E-state index in [1.54, 1.807) is 18.2 Å². The number of nitriles is 1. The van der Waals surface area contributed by atoms with Crippen LogP contribution in [0.5, 0.6) is 17.2 Å². The first-order valence-corrected chi connectivity index (χ1v) is 18.2. The van der Waals surface area contributed by atoms with Gasteiger partial charge in [0.2, 0.25) is 0 Å². The standard InChI is InChI=1S/C41H45Cl2N3O7.ClH/c1-26-30(9-6-10-33(26)34-11-7-13-37(27(34)2)51-16-8-14-42)25-53-39-21-38(52-24-29-17-28(22-45)18-31(19-29)40(47)48)32(20-35(39)43)23-46-36(41(49)50-3)12-4-5-15-44;/h6-7,9-11,13,17-21,36,46H,4-5,8,12,14-16,23-25,44H2,1-3H3,(H,47,48);1H. The van der Waals surface area contributed by atoms with Gasteiger partial charge in [-0.05, 0) is 103 Å². The molecule has 0 heterocycles. The van der Waals surface area contributed by atoms with Gasteiger partial charge in [0.15, 0.2) is 0 Å². The van der Waals surface area contributed by atoms with Gasteiger partial charge >= 0.3 is 11.9 Å². The Labute approximate surface area is 332 Å². The number of carboxylic acid groups (broad SMARTS) is 1. The second kappa shape index (κ2) is 22.0. The number of esters is 1. The smallest absolute Gasteiger partial charge is 0.335 e. The van der Waals surface area contributed by atoms with E-state index in [2.05, 4.69) is 17.4 Å². The van der Waals surface area contributed by atoms with Crippen molar-refractivity contribution in [3.63, 3.8) is 0 Å². The lowest BCUT2D eigenvalue weighted by molar-refractivity contribution is -0.143. The van der Waals surface area contributed by atoms with E-state index in [4.69, 9.17) is 47.9 Å². The number of halogens is 3. The summed E-state index contributed by atoms with van der Waals surface area (Å²) >= 11 is 12.7. The molecular formula is C41H46Cl3N3O7. The van der Waals surface area contributed by atoms with Gasteiger partial charge in [-0.15, -0.1) is 24.0 Å². The first-order chi connectivity index (χ1) is 25.6. The summed E-state index contributed by atoms with van der Waals surface area (Å²) in [5.74, 6) is 0.556. The molecule has 54 heavy (non-hydrogen) atoms. The van der Waals surface area contributed by atoms with Gasteiger partial charge in [-0.1, -0.05) is 48.4 Å². The molecule has 4 N–H and O–H groups in total. The fourth-order valence-electron chi connectivity index (χ4n) is 5.84. The summed E-state index contributed by atoms with van der Waals surface area (Å²) in [6.45, 7) is 5.50. The summed E-state index contributed by atoms with van der Waals surface area (Å²) in [5, 5.41) is 22.6. The number of hydrogen-bond acceptors (Lipinski definition) is 9. The van der Waals surface area contributed by atoms with Gasteiger partial charge in [0, 0.05) is 24.1 Å². The van der Waals surface area contributed by atoms with Crippen LogP contribution in [0.25, 0.3) is 11.1 Å². The molecule has 288 valence electrons. The number of nitrogens with zero attached hydrogens (tertiary/aromatic N) is 1. The molecular weight excluding hydrogens is 753 g/mol. The van der Waals surface area contributed by atoms with Gasteiger partial charge in [0.25, 0.3) is 0 Å². The van der Waals surface area contributed by atoms with Crippen LogP contribution in [0.15, 0.2) is 66.7 Å². The third-order valence-corrected chi connectivity index (χ3v) is 9.35. The second-order valence-electron chi connectivity index (χ2n) is 12.5. The lowest BCUT2D eigenvalue weighted by atomic mass is 9.93. The molecule has 0 aliphatic carbocycles. The number of alkyl halides is 1. The summed E-state index contributed by atoms with van der Waals surface area (Å²) in [7, 11) is 1.34. The summed E-state index contributed by atoms with van der Waals surface area (Å²) in [5.41, 5.74) is 12.1. The summed E-state index contributed by atoms with van der Waals surface area (Å²) in [4.78, 5) is 24.3. The summed E-state index contributed by atoms with van der Waals surface area (Å²) in [6.07, 6.45) is 2.78. The molecule has 0 radical (unpaired) electrons. The fourth-order valence-corrected chi connectivity index (χ4v) is 6.19. The molecule has 4 aromatic carbocycles. The summed E-state index contributed by atoms with van der Waals surface area (Å²) < 4.78 is 23.6. The highest BCUT2D eigenvalue weighted by Gasteiger charge is 2.21. The topological polar surface area (TPSA) is 153 Å². The minimum Gasteiger partial charge on any atom is -0.493 e. The molecule has 0 bridgehead atoms. The molecule has 0 saturated heterocycles. The molecule has 1 unspecified atom stereocenters. The summed E-state index contributed by atoms with van der Waals surface area (Å²) in [6, 6.07) is 21.2. The lowest BCUT2D eigenvalue weighted by Gasteiger charge is -2.20. The van der Waals surface area contributed by atoms with Gasteiger partial charge in [-0.3, -0.25) is 4.79 Å². The Kier molecular flexibility index (Phi) is 17.9. The van der Waals surface area contributed by atoms with Gasteiger partial charge in [0.1, 0.15) is 36.5 Å². The SMILES string of the molecule is COC(=O)C(CCCCN)NCc1cc(Cl)c(OCc2cccc(-c3cccc(OCCCCl)c3C)c2C)cc1OCc1cc(C#N)cc(C(=O)O)c1.Cl. The number of rotatable bonds is 20. The number of aromatic carboxylic acids is 1. The van der Waals surface area contributed by atoms with Gasteiger partial charge < -0.3 is 35.1 Å². The van der Waals surface area contributed by atoms with Crippen molar-refractivity contribution < 1.29 is 33.6 Å². The molecule has 1 atom stereocenters. The van der Waals surface area contributed by atoms with Gasteiger partial charge in [-0.25, -0.2) is 4.79 Å². The van der Waals surface area contributed by atoms with Crippen molar-refractivity contribution in [1.82, 2.24) is 5.32 Å². The molecule has 0 aliphatic rings. The van der Waals surface area contributed by atoms with Gasteiger partial charge in [0.05, 0.1) is 35.9 Å². The van der Waals surface area contributed by atoms with Crippen molar-refractivity contribution in [3.05, 3.63) is 111 Å². The van der Waals surface area contributed by atoms with Crippen LogP contribution in [0.4, 0.5) is 0 Å². The second-order valence-corrected chi connectivity index (χ2v) is 13.2. The molecule has 4 rings (SSSR count). The monoisotopic (exact) mass is 797 g/mol. The number of carboxylic acids is 1. The maximum absolute atomic E-state index is 12.6. The Morgan fingerprint density at radius 2 is 1.61 bits per heavy atom. The first kappa shape index (κ1) is 43.9. The molecule has 10 nitrogen and oxygen atoms in total. The maximum atomic E-state index is 12.6. The van der Waals surface area contributed by atoms with E-state index < -0.39 is 18.0 Å². The van der Waals surface area contributed by atoms with Crippen LogP contribution in [-0.4, -0.2) is 49.2 Å². The van der Waals surface area contributed by atoms with Crippen LogP contribution in [0, 0.1) is 25.2 Å². The number of ether oxygens (including phenoxy) is 4. The Morgan fingerprint density at radius 1 is 0.889 bits per heavy atom. The van der Waals surface area contributed by atoms with Crippen molar-refractivity contribution in [2.75, 3.05) is 26.1 Å². The van der Waals surface area contributed by atoms with Gasteiger partial charge in [-0.2, -0.15) is 5.26 Å². The predicted octanol–water partition coefficient (Wildman–Crippen LogP) is 8.54. The van der Waals surface area contributed by atoms with Crippen molar-refractivity contribution in [2.24, 2.45) is 5.73 Å². The van der Waals surface area contributed by atoms with E-state index in [0.717, 1.165) is 52.8 Å². The zero-order chi connectivity index (χ0) is 38.3. The average Bonchev–Trinajstić information content (AvgIpc) is 3.16. The van der Waals surface area contributed by atoms with E-state index in [1.165, 1.54) is 19.2 Å². The highest BCUT2D eigenvalue weighted by atomic mass is 35.5. The zero-order valence-electron chi connectivity index (χ0n) is 30.6. The molecule has 0 saturated carbocycles. The van der Waals surface area contributed by atoms with Crippen LogP contribution >= 0.6 is 35.6 Å². The average molecular weight is 799 g/mol. The van der Waals surface area contributed by atoms with E-state index in [0.29, 0.717) is 53.1 Å². The van der Waals surface area contributed by atoms with Crippen LogP contribution < -0.4 is 25.3 Å². The van der Waals surface area contributed by atoms with E-state index in [9.17, 15) is 20.0 Å². The lowest BCUT2D eigenvalue weighted by Crippen LogP contribution is -2.37. The number of hydrogen-bond donors (Lipinski definition) is 3. The number of unbranched alkanes of at least 4 members (excludes halogenated alkanes) is 1. The number of methoxy groups -OCH3 is 1. The Morgan fingerprint density at radius 3 is 2.30 bits per heavy atom. The fraction of sp³-hybridized carbons (Fsp3) is 0.341. The Hall–Kier alpha value is -4.50. The minimum atomic E-state index is -1.16. The van der Waals surface area contributed by atoms with E-state index >= 15 is 0 Å². The molecule has 13 heteroatoms. The highest BCUT2D eigenvalue weighted by Crippen LogP contribution is 2.36. The number of carbonyl (C=O) groups excluding carboxylic acids is 1. The molecule has 0 amide bonds. The molecule has 0 fully saturated rings. The highest BCUT2D eigenvalue weighted by molar-refractivity contribution is 6.32. The van der Waals surface area contributed by atoms with Crippen LogP contribution in [0.3, 0.4) is 0 Å². The Bertz CT molecular complexity index is 1930. The minimum absolute atomic E-state index is 0. The molecule has 0 aliphatic heterocycles. The molecule has 4 aromatic rings. The third-order valence-electron chi connectivity index (χ3n) is 8.79. The van der Waals surface area contributed by atoms with Crippen molar-refractivity contribution in [2.45, 2.75) is 65.3 Å². The third kappa shape index (κ3) is 12.0. The maximum Gasteiger partial charge on any atom is 0.335 e. The Balaban J connectivity index is 0.00000784. The number of nitrogens with one attached hydrogen (secondary N) is 1. The van der Waals surface area contributed by atoms with Crippen LogP contribution in [-0.2, 0) is 29.3 Å². The zero-order valence-corrected chi connectivity index (χ0v) is 32.9. The number of benzene rings is 4. The van der Waals surface area contributed by atoms with E-state index in [1.807, 2.05) is 44.2 Å².